The lowest BCUT2D eigenvalue weighted by atomic mass is 10.0. The van der Waals surface area contributed by atoms with E-state index in [1.54, 1.807) is 0 Å². The molecule has 0 saturated heterocycles. The van der Waals surface area contributed by atoms with Gasteiger partial charge < -0.3 is 4.98 Å². The number of H-pyrrole nitrogens is 1. The number of carbonyl (C=O) groups is 1. The Morgan fingerprint density at radius 2 is 1.75 bits per heavy atom. The van der Waals surface area contributed by atoms with Crippen molar-refractivity contribution >= 4 is 28.8 Å². The van der Waals surface area contributed by atoms with Crippen LogP contribution < -0.4 is 0 Å². The Kier molecular flexibility index (Phi) is 3.11. The van der Waals surface area contributed by atoms with Crippen LogP contribution >= 0.6 is 11.6 Å². The van der Waals surface area contributed by atoms with Crippen molar-refractivity contribution in [3.8, 4) is 11.3 Å². The Hall–Kier alpha value is -2.06. The number of aryl methyl sites for hydroxylation is 2. The molecule has 3 rings (SSSR count). The Morgan fingerprint density at radius 3 is 2.45 bits per heavy atom. The third-order valence-electron chi connectivity index (χ3n) is 3.67. The number of nitrogens with one attached hydrogen (secondary N) is 1. The number of hydrogen-bond acceptors (Lipinski definition) is 1. The Labute approximate surface area is 122 Å². The SMILES string of the molecule is Cc1ccc(C)c2c(C=O)c(-c3ccccc3Cl)[nH]c12. The highest BCUT2D eigenvalue weighted by atomic mass is 35.5. The first-order chi connectivity index (χ1) is 9.63. The Bertz CT molecular complexity index is 817. The van der Waals surface area contributed by atoms with E-state index in [0.717, 1.165) is 39.6 Å². The summed E-state index contributed by atoms with van der Waals surface area (Å²) >= 11 is 6.26. The summed E-state index contributed by atoms with van der Waals surface area (Å²) in [5, 5.41) is 1.62. The van der Waals surface area contributed by atoms with Gasteiger partial charge in [-0.3, -0.25) is 4.79 Å². The summed E-state index contributed by atoms with van der Waals surface area (Å²) < 4.78 is 0. The standard InChI is InChI=1S/C17H14ClNO/c1-10-7-8-11(2)16-15(10)13(9-20)17(19-16)12-5-3-4-6-14(12)18/h3-9,19H,1-2H3. The normalized spacial score (nSPS) is 10.9. The van der Waals surface area contributed by atoms with E-state index in [2.05, 4.69) is 11.1 Å². The third-order valence-corrected chi connectivity index (χ3v) is 4.00. The molecule has 1 aromatic heterocycles. The van der Waals surface area contributed by atoms with Gasteiger partial charge in [-0.05, 0) is 31.0 Å². The van der Waals surface area contributed by atoms with E-state index in [1.807, 2.05) is 44.2 Å². The summed E-state index contributed by atoms with van der Waals surface area (Å²) in [5.41, 5.74) is 5.52. The van der Waals surface area contributed by atoms with E-state index < -0.39 is 0 Å². The first kappa shape index (κ1) is 12.9. The molecule has 1 N–H and O–H groups in total. The second-order valence-electron chi connectivity index (χ2n) is 4.96. The molecule has 0 radical (unpaired) electrons. The fraction of sp³-hybridized carbons (Fsp3) is 0.118. The molecule has 20 heavy (non-hydrogen) atoms. The number of aldehydes is 1. The average Bonchev–Trinajstić information content (AvgIpc) is 2.84. The predicted octanol–water partition coefficient (Wildman–Crippen LogP) is 4.92. The molecule has 3 aromatic rings. The zero-order chi connectivity index (χ0) is 14.3. The van der Waals surface area contributed by atoms with Gasteiger partial charge in [-0.1, -0.05) is 41.9 Å². The third kappa shape index (κ3) is 1.84. The fourth-order valence-electron chi connectivity index (χ4n) is 2.63. The van der Waals surface area contributed by atoms with Gasteiger partial charge in [-0.25, -0.2) is 0 Å². The van der Waals surface area contributed by atoms with Crippen LogP contribution in [-0.4, -0.2) is 11.3 Å². The first-order valence-corrected chi connectivity index (χ1v) is 6.83. The molecule has 0 bridgehead atoms. The van der Waals surface area contributed by atoms with Crippen molar-refractivity contribution in [3.63, 3.8) is 0 Å². The summed E-state index contributed by atoms with van der Waals surface area (Å²) in [4.78, 5) is 15.0. The van der Waals surface area contributed by atoms with E-state index in [4.69, 9.17) is 11.6 Å². The highest BCUT2D eigenvalue weighted by molar-refractivity contribution is 6.33. The van der Waals surface area contributed by atoms with Gasteiger partial charge >= 0.3 is 0 Å². The van der Waals surface area contributed by atoms with Gasteiger partial charge in [0.25, 0.3) is 0 Å². The first-order valence-electron chi connectivity index (χ1n) is 6.45. The van der Waals surface area contributed by atoms with Crippen LogP contribution in [0.25, 0.3) is 22.2 Å². The highest BCUT2D eigenvalue weighted by Gasteiger charge is 2.17. The van der Waals surface area contributed by atoms with E-state index in [9.17, 15) is 4.79 Å². The number of aromatic nitrogens is 1. The lowest BCUT2D eigenvalue weighted by molar-refractivity contribution is 0.112. The molecule has 0 amide bonds. The zero-order valence-electron chi connectivity index (χ0n) is 11.3. The summed E-state index contributed by atoms with van der Waals surface area (Å²) in [5.74, 6) is 0. The number of carbonyl (C=O) groups excluding carboxylic acids is 1. The van der Waals surface area contributed by atoms with E-state index >= 15 is 0 Å². The molecule has 0 atom stereocenters. The number of benzene rings is 2. The van der Waals surface area contributed by atoms with Gasteiger partial charge in [-0.15, -0.1) is 0 Å². The number of fused-ring (bicyclic) bond motifs is 1. The van der Waals surface area contributed by atoms with E-state index in [-0.39, 0.29) is 0 Å². The van der Waals surface area contributed by atoms with E-state index in [1.165, 1.54) is 0 Å². The minimum absolute atomic E-state index is 0.637. The topological polar surface area (TPSA) is 32.9 Å². The van der Waals surface area contributed by atoms with Crippen LogP contribution in [0.5, 0.6) is 0 Å². The quantitative estimate of drug-likeness (QED) is 0.666. The number of rotatable bonds is 2. The van der Waals surface area contributed by atoms with E-state index in [0.29, 0.717) is 10.6 Å². The van der Waals surface area contributed by atoms with Crippen LogP contribution in [0, 0.1) is 13.8 Å². The molecule has 0 fully saturated rings. The summed E-state index contributed by atoms with van der Waals surface area (Å²) in [6, 6.07) is 11.6. The van der Waals surface area contributed by atoms with Crippen molar-refractivity contribution in [2.45, 2.75) is 13.8 Å². The molecule has 3 heteroatoms. The molecule has 0 spiro atoms. The van der Waals surface area contributed by atoms with Crippen molar-refractivity contribution in [3.05, 3.63) is 58.1 Å². The number of hydrogen-bond donors (Lipinski definition) is 1. The molecule has 1 heterocycles. The van der Waals surface area contributed by atoms with Gasteiger partial charge in [0, 0.05) is 27.1 Å². The smallest absolute Gasteiger partial charge is 0.152 e. The van der Waals surface area contributed by atoms with Crippen molar-refractivity contribution in [2.75, 3.05) is 0 Å². The van der Waals surface area contributed by atoms with Crippen molar-refractivity contribution in [1.29, 1.82) is 0 Å². The largest absolute Gasteiger partial charge is 0.354 e. The fourth-order valence-corrected chi connectivity index (χ4v) is 2.86. The molecule has 0 saturated carbocycles. The minimum Gasteiger partial charge on any atom is -0.354 e. The van der Waals surface area contributed by atoms with Gasteiger partial charge in [0.05, 0.1) is 5.69 Å². The molecule has 0 aliphatic carbocycles. The molecule has 2 nitrogen and oxygen atoms in total. The van der Waals surface area contributed by atoms with Gasteiger partial charge in [-0.2, -0.15) is 0 Å². The number of halogens is 1. The summed E-state index contributed by atoms with van der Waals surface area (Å²) in [6.45, 7) is 4.04. The summed E-state index contributed by atoms with van der Waals surface area (Å²) in [6.07, 6.45) is 0.907. The van der Waals surface area contributed by atoms with Crippen molar-refractivity contribution in [1.82, 2.24) is 4.98 Å². The Morgan fingerprint density at radius 1 is 1.05 bits per heavy atom. The monoisotopic (exact) mass is 283 g/mol. The lowest BCUT2D eigenvalue weighted by Gasteiger charge is -2.02. The molecule has 0 unspecified atom stereocenters. The molecule has 0 aliphatic heterocycles. The molecule has 0 aliphatic rings. The number of aromatic amines is 1. The Balaban J connectivity index is 2.44. The van der Waals surface area contributed by atoms with Crippen LogP contribution in [-0.2, 0) is 0 Å². The average molecular weight is 284 g/mol. The maximum atomic E-state index is 11.6. The predicted molar refractivity (Wildman–Crippen MR) is 83.6 cm³/mol. The van der Waals surface area contributed by atoms with Crippen LogP contribution in [0.1, 0.15) is 21.5 Å². The molecular weight excluding hydrogens is 270 g/mol. The highest BCUT2D eigenvalue weighted by Crippen LogP contribution is 2.35. The maximum absolute atomic E-state index is 11.6. The molecule has 100 valence electrons. The lowest BCUT2D eigenvalue weighted by Crippen LogP contribution is -1.86. The second-order valence-corrected chi connectivity index (χ2v) is 5.37. The molecular formula is C17H14ClNO. The van der Waals surface area contributed by atoms with Gasteiger partial charge in [0.2, 0.25) is 0 Å². The zero-order valence-corrected chi connectivity index (χ0v) is 12.1. The van der Waals surface area contributed by atoms with Gasteiger partial charge in [0.15, 0.2) is 6.29 Å². The van der Waals surface area contributed by atoms with Crippen molar-refractivity contribution in [2.24, 2.45) is 0 Å². The van der Waals surface area contributed by atoms with Crippen molar-refractivity contribution < 1.29 is 4.79 Å². The minimum atomic E-state index is 0.637. The van der Waals surface area contributed by atoms with Crippen LogP contribution in [0.15, 0.2) is 36.4 Å². The van der Waals surface area contributed by atoms with Crippen LogP contribution in [0.3, 0.4) is 0 Å². The van der Waals surface area contributed by atoms with Crippen LogP contribution in [0.4, 0.5) is 0 Å². The van der Waals surface area contributed by atoms with Crippen LogP contribution in [0.2, 0.25) is 5.02 Å². The van der Waals surface area contributed by atoms with Gasteiger partial charge in [0.1, 0.15) is 0 Å². The second kappa shape index (κ2) is 4.80. The molecule has 2 aromatic carbocycles. The summed E-state index contributed by atoms with van der Waals surface area (Å²) in [7, 11) is 0. The maximum Gasteiger partial charge on any atom is 0.152 e.